The Bertz CT molecular complexity index is 746. The number of nitrogens with zero attached hydrogens (tertiary/aromatic N) is 1. The average Bonchev–Trinajstić information content (AvgIpc) is 2.67. The molecule has 1 aliphatic carbocycles. The summed E-state index contributed by atoms with van der Waals surface area (Å²) in [6, 6.07) is 6.21. The van der Waals surface area contributed by atoms with Gasteiger partial charge in [-0.3, -0.25) is 4.79 Å². The molecule has 1 aliphatic rings. The minimum absolute atomic E-state index is 0. The van der Waals surface area contributed by atoms with Gasteiger partial charge in [0.05, 0.1) is 10.4 Å². The summed E-state index contributed by atoms with van der Waals surface area (Å²) in [6.45, 7) is 6.25. The van der Waals surface area contributed by atoms with Gasteiger partial charge < -0.3 is 11.1 Å². The van der Waals surface area contributed by atoms with Gasteiger partial charge in [-0.1, -0.05) is 33.1 Å². The van der Waals surface area contributed by atoms with E-state index in [0.717, 1.165) is 25.7 Å². The average molecular weight is 432 g/mol. The number of benzene rings is 1. The summed E-state index contributed by atoms with van der Waals surface area (Å²) >= 11 is 0. The van der Waals surface area contributed by atoms with Crippen molar-refractivity contribution in [3.05, 3.63) is 29.8 Å². The van der Waals surface area contributed by atoms with Gasteiger partial charge in [-0.2, -0.15) is 4.31 Å². The SMILES string of the molecule is CC(C)C(C)(CN)NC(=O)c1ccc(S(=O)(=O)N(C)C2CCCCC2)cc1.Cl. The van der Waals surface area contributed by atoms with Crippen LogP contribution in [0.2, 0.25) is 0 Å². The first-order valence-electron chi connectivity index (χ1n) is 9.72. The zero-order valence-corrected chi connectivity index (χ0v) is 18.9. The van der Waals surface area contributed by atoms with Crippen LogP contribution >= 0.6 is 12.4 Å². The highest BCUT2D eigenvalue weighted by atomic mass is 35.5. The van der Waals surface area contributed by atoms with Crippen molar-refractivity contribution in [3.63, 3.8) is 0 Å². The Kier molecular flexibility index (Phi) is 8.93. The predicted octanol–water partition coefficient (Wildman–Crippen LogP) is 3.16. The monoisotopic (exact) mass is 431 g/mol. The smallest absolute Gasteiger partial charge is 0.251 e. The lowest BCUT2D eigenvalue weighted by Crippen LogP contribution is -2.55. The molecule has 28 heavy (non-hydrogen) atoms. The third-order valence-corrected chi connectivity index (χ3v) is 7.90. The van der Waals surface area contributed by atoms with Crippen LogP contribution in [0.3, 0.4) is 0 Å². The van der Waals surface area contributed by atoms with Crippen molar-refractivity contribution in [2.45, 2.75) is 69.4 Å². The van der Waals surface area contributed by atoms with Crippen LogP contribution in [-0.4, -0.2) is 43.8 Å². The second-order valence-electron chi connectivity index (χ2n) is 8.07. The molecule has 1 amide bonds. The molecule has 3 N–H and O–H groups in total. The second kappa shape index (κ2) is 10.1. The van der Waals surface area contributed by atoms with E-state index in [9.17, 15) is 13.2 Å². The minimum Gasteiger partial charge on any atom is -0.345 e. The van der Waals surface area contributed by atoms with E-state index in [1.165, 1.54) is 22.9 Å². The first kappa shape index (κ1) is 24.9. The van der Waals surface area contributed by atoms with Crippen LogP contribution in [0, 0.1) is 5.92 Å². The number of amides is 1. The molecule has 8 heteroatoms. The fraction of sp³-hybridized carbons (Fsp3) is 0.650. The van der Waals surface area contributed by atoms with Gasteiger partial charge in [0.1, 0.15) is 0 Å². The lowest BCUT2D eigenvalue weighted by atomic mass is 9.88. The molecular formula is C20H34ClN3O3S. The van der Waals surface area contributed by atoms with Crippen LogP contribution in [0.5, 0.6) is 0 Å². The number of hydrogen-bond acceptors (Lipinski definition) is 4. The van der Waals surface area contributed by atoms with Crippen LogP contribution in [-0.2, 0) is 10.0 Å². The zero-order chi connectivity index (χ0) is 20.2. The largest absolute Gasteiger partial charge is 0.345 e. The van der Waals surface area contributed by atoms with Crippen molar-refractivity contribution in [2.75, 3.05) is 13.6 Å². The Morgan fingerprint density at radius 3 is 2.21 bits per heavy atom. The summed E-state index contributed by atoms with van der Waals surface area (Å²) in [6.07, 6.45) is 5.12. The molecule has 1 aromatic carbocycles. The first-order chi connectivity index (χ1) is 12.6. The number of sulfonamides is 1. The van der Waals surface area contributed by atoms with Gasteiger partial charge in [0.2, 0.25) is 10.0 Å². The molecule has 0 bridgehead atoms. The maximum absolute atomic E-state index is 12.9. The number of halogens is 1. The number of nitrogens with two attached hydrogens (primary N) is 1. The maximum atomic E-state index is 12.9. The van der Waals surface area contributed by atoms with Crippen LogP contribution in [0.25, 0.3) is 0 Å². The number of carbonyl (C=O) groups is 1. The molecule has 0 aromatic heterocycles. The molecule has 1 unspecified atom stereocenters. The fourth-order valence-corrected chi connectivity index (χ4v) is 4.76. The van der Waals surface area contributed by atoms with Gasteiger partial charge in [-0.05, 0) is 49.9 Å². The lowest BCUT2D eigenvalue weighted by Gasteiger charge is -2.33. The number of carbonyl (C=O) groups excluding carboxylic acids is 1. The van der Waals surface area contributed by atoms with E-state index < -0.39 is 15.6 Å². The molecule has 0 radical (unpaired) electrons. The van der Waals surface area contributed by atoms with Gasteiger partial charge in [-0.25, -0.2) is 8.42 Å². The summed E-state index contributed by atoms with van der Waals surface area (Å²) in [4.78, 5) is 12.8. The van der Waals surface area contributed by atoms with Crippen molar-refractivity contribution in [1.82, 2.24) is 9.62 Å². The third-order valence-electron chi connectivity index (χ3n) is 5.98. The maximum Gasteiger partial charge on any atom is 0.251 e. The summed E-state index contributed by atoms with van der Waals surface area (Å²) in [5, 5.41) is 2.97. The van der Waals surface area contributed by atoms with E-state index in [0.29, 0.717) is 12.1 Å². The highest BCUT2D eigenvalue weighted by Crippen LogP contribution is 2.26. The standard InChI is InChI=1S/C20H33N3O3S.ClH/c1-15(2)20(3,14-21)22-19(24)16-10-12-18(13-11-16)27(25,26)23(4)17-8-6-5-7-9-17;/h10-13,15,17H,5-9,14,21H2,1-4H3,(H,22,24);1H. The third kappa shape index (κ3) is 5.47. The topological polar surface area (TPSA) is 92.5 Å². The normalized spacial score (nSPS) is 17.8. The molecule has 0 heterocycles. The minimum atomic E-state index is -3.55. The molecule has 1 saturated carbocycles. The molecular weight excluding hydrogens is 398 g/mol. The molecule has 0 saturated heterocycles. The van der Waals surface area contributed by atoms with E-state index in [2.05, 4.69) is 5.32 Å². The molecule has 160 valence electrons. The van der Waals surface area contributed by atoms with Crippen molar-refractivity contribution in [2.24, 2.45) is 11.7 Å². The van der Waals surface area contributed by atoms with Gasteiger partial charge in [0.25, 0.3) is 5.91 Å². The number of hydrogen-bond donors (Lipinski definition) is 2. The van der Waals surface area contributed by atoms with Gasteiger partial charge >= 0.3 is 0 Å². The first-order valence-corrected chi connectivity index (χ1v) is 11.2. The fourth-order valence-electron chi connectivity index (χ4n) is 3.35. The van der Waals surface area contributed by atoms with Crippen molar-refractivity contribution < 1.29 is 13.2 Å². The quantitative estimate of drug-likeness (QED) is 0.693. The molecule has 6 nitrogen and oxygen atoms in total. The van der Waals surface area contributed by atoms with Gasteiger partial charge in [0, 0.05) is 25.2 Å². The van der Waals surface area contributed by atoms with Gasteiger partial charge in [0.15, 0.2) is 0 Å². The molecule has 2 rings (SSSR count). The number of rotatable bonds is 7. The molecule has 1 aromatic rings. The zero-order valence-electron chi connectivity index (χ0n) is 17.3. The van der Waals surface area contributed by atoms with Gasteiger partial charge in [-0.15, -0.1) is 12.4 Å². The van der Waals surface area contributed by atoms with E-state index in [4.69, 9.17) is 5.73 Å². The van der Waals surface area contributed by atoms with Crippen molar-refractivity contribution in [3.8, 4) is 0 Å². The molecule has 0 aliphatic heterocycles. The summed E-state index contributed by atoms with van der Waals surface area (Å²) in [7, 11) is -1.90. The number of nitrogens with one attached hydrogen (secondary N) is 1. The molecule has 0 spiro atoms. The Hall–Kier alpha value is -1.15. The van der Waals surface area contributed by atoms with Crippen LogP contribution in [0.4, 0.5) is 0 Å². The Morgan fingerprint density at radius 2 is 1.75 bits per heavy atom. The van der Waals surface area contributed by atoms with Crippen LogP contribution < -0.4 is 11.1 Å². The lowest BCUT2D eigenvalue weighted by molar-refractivity contribution is 0.0883. The summed E-state index contributed by atoms with van der Waals surface area (Å²) in [5.74, 6) is -0.0727. The Morgan fingerprint density at radius 1 is 1.21 bits per heavy atom. The summed E-state index contributed by atoms with van der Waals surface area (Å²) < 4.78 is 27.3. The predicted molar refractivity (Wildman–Crippen MR) is 115 cm³/mol. The summed E-state index contributed by atoms with van der Waals surface area (Å²) in [5.41, 5.74) is 5.73. The molecule has 1 atom stereocenters. The van der Waals surface area contributed by atoms with Crippen molar-refractivity contribution in [1.29, 1.82) is 0 Å². The van der Waals surface area contributed by atoms with E-state index >= 15 is 0 Å². The second-order valence-corrected chi connectivity index (χ2v) is 10.1. The van der Waals surface area contributed by atoms with E-state index in [1.807, 2.05) is 20.8 Å². The van der Waals surface area contributed by atoms with Crippen molar-refractivity contribution >= 4 is 28.3 Å². The highest BCUT2D eigenvalue weighted by molar-refractivity contribution is 7.89. The van der Waals surface area contributed by atoms with E-state index in [-0.39, 0.29) is 35.2 Å². The Labute approximate surface area is 175 Å². The highest BCUT2D eigenvalue weighted by Gasteiger charge is 2.30. The molecule has 1 fully saturated rings. The van der Waals surface area contributed by atoms with Crippen LogP contribution in [0.15, 0.2) is 29.2 Å². The van der Waals surface area contributed by atoms with Crippen LogP contribution in [0.1, 0.15) is 63.2 Å². The van der Waals surface area contributed by atoms with E-state index in [1.54, 1.807) is 19.2 Å². The Balaban J connectivity index is 0.00000392.